The van der Waals surface area contributed by atoms with Crippen LogP contribution in [-0.2, 0) is 78.5 Å². The van der Waals surface area contributed by atoms with Crippen molar-refractivity contribution in [2.75, 3.05) is 50.3 Å². The first-order chi connectivity index (χ1) is 44.6. The maximum absolute atomic E-state index is 12.1. The molecule has 16 fully saturated rings. The number of ether oxygens (including phenoxy) is 14. The number of hydrogen-bond acceptors (Lipinski definition) is 35. The summed E-state index contributed by atoms with van der Waals surface area (Å²) in [6.45, 7) is -5.00. The maximum atomic E-state index is 12.1. The van der Waals surface area contributed by atoms with E-state index in [9.17, 15) is 97.0 Å². The number of hydrogen-bond donors (Lipinski definition) is 19. The number of aryl methyl sites for hydroxylation is 1. The molecule has 38 rings (SSSR count). The van der Waals surface area contributed by atoms with Crippen LogP contribution in [0.15, 0.2) is 42.0 Å². The van der Waals surface area contributed by atoms with Crippen LogP contribution in [0.25, 0.3) is 0 Å². The quantitative estimate of drug-likeness (QED) is 0.130. The second kappa shape index (κ2) is 30.1. The lowest BCUT2D eigenvalue weighted by Gasteiger charge is -2.50. The van der Waals surface area contributed by atoms with E-state index in [1.165, 1.54) is 23.5 Å². The van der Waals surface area contributed by atoms with Crippen molar-refractivity contribution in [2.45, 2.75) is 239 Å². The predicted octanol–water partition coefficient (Wildman–Crippen LogP) is -9.39. The number of allylic oxidation sites excluding steroid dienone is 3. The molecule has 19 N–H and O–H groups in total. The Morgan fingerprint density at radius 3 is 1.01 bits per heavy atom. The fourth-order valence-corrected chi connectivity index (χ4v) is 16.2. The monoisotopic (exact) mass is 1370 g/mol. The van der Waals surface area contributed by atoms with Crippen LogP contribution in [-0.4, -0.2) is 362 Å². The summed E-state index contributed by atoms with van der Waals surface area (Å²) in [4.78, 5) is 0. The Morgan fingerprint density at radius 2 is 0.667 bits per heavy atom. The van der Waals surface area contributed by atoms with Gasteiger partial charge in [0.2, 0.25) is 0 Å². The average Bonchev–Trinajstić information content (AvgIpc) is 0.823. The molecule has 22 bridgehead atoms. The van der Waals surface area contributed by atoms with Crippen LogP contribution in [0.4, 0.5) is 0 Å². The highest BCUT2D eigenvalue weighted by molar-refractivity contribution is 7.99. The van der Waals surface area contributed by atoms with E-state index < -0.39 is 248 Å². The van der Waals surface area contributed by atoms with Crippen LogP contribution in [0, 0.1) is 5.92 Å². The SMILES string of the molecule is OC[C@H]1O[C@@H]2O[C@H]3C(O)C(O)[C@@H]4O[C@@H]3CSCC3=CC5CCc6cc(ccc6C5C=C3)CSC[C@H]3O[C@H](O[C@H]5C(O)C(O)[C@H](O[C@@H]5CO)O[C@H]5C(O)C(O)[C@H](O[C@@H]5CO)O[C@H]1C(O)C2O)C(O)C(O)[C@@H]3O[C@@H]1O[C@H](CO)[C@@H](O[C@H]2O[C@H](CO)[C@@H](O4)C(O)C2O)C(O)C1O. The van der Waals surface area contributed by atoms with Gasteiger partial charge in [-0.05, 0) is 41.0 Å². The van der Waals surface area contributed by atoms with Gasteiger partial charge >= 0.3 is 0 Å². The second-order valence-corrected chi connectivity index (χ2v) is 27.2. The van der Waals surface area contributed by atoms with Gasteiger partial charge < -0.3 is 163 Å². The molecule has 35 heteroatoms. The number of thioether (sulfide) groups is 2. The zero-order valence-corrected chi connectivity index (χ0v) is 51.3. The van der Waals surface area contributed by atoms with Crippen LogP contribution in [0.2, 0.25) is 0 Å². The van der Waals surface area contributed by atoms with Gasteiger partial charge in [-0.25, -0.2) is 0 Å². The third kappa shape index (κ3) is 14.0. The minimum Gasteiger partial charge on any atom is -0.394 e. The van der Waals surface area contributed by atoms with Crippen LogP contribution >= 0.6 is 23.5 Å². The van der Waals surface area contributed by atoms with Gasteiger partial charge in [0.15, 0.2) is 44.0 Å². The molecule has 0 radical (unpaired) electrons. The Balaban J connectivity index is 0.919. The molecule has 0 saturated carbocycles. The Labute approximate surface area is 539 Å². The fraction of sp³-hybridized carbons (Fsp3) is 0.828. The standard InChI is InChI=1S/C58H84O33S2/c59-9-24-45-31(64)38(71)52(78-24)86-46-25(10-60)81-55(41(74)34(46)67)90-50-29-16-92-14-18-1-5-22-20(7-18)3-4-21-8-19(2-6-23(21)22)15-93-17-30-51(36(69)43(76)57(83-30)88-48-27(12-62)79-53(85-45)39(72)32(48)65)91-56-42(75)35(68)47(26(11-61)82-56)87-54-40(73)33(66)49(28(13-63)80-54)89-58(84-29)44(77)37(50)70/h1-2,5-8,20,22,24-77H,3-4,9-17H2/t20?,22?,24-,25-,26-,27-,28-,29-,30-,31?,32?,33?,34?,35?,36?,37?,38?,39?,40?,41?,42?,43?,44?,45-,46-,47-,48-,49-,50-,51-,52-,53-,54-,55-,56+,57-,58-/m1/s1. The highest BCUT2D eigenvalue weighted by atomic mass is 32.2. The molecule has 33 nitrogen and oxygen atoms in total. The molecule has 2 aliphatic carbocycles. The Kier molecular flexibility index (Phi) is 23.0. The minimum atomic E-state index is -2.18. The summed E-state index contributed by atoms with van der Waals surface area (Å²) < 4.78 is 84.4. The van der Waals surface area contributed by atoms with Crippen LogP contribution in [0.3, 0.4) is 0 Å². The van der Waals surface area contributed by atoms with Crippen molar-refractivity contribution in [3.63, 3.8) is 0 Å². The zero-order chi connectivity index (χ0) is 66.0. The lowest BCUT2D eigenvalue weighted by Crippen LogP contribution is -2.68. The van der Waals surface area contributed by atoms with Crippen molar-refractivity contribution < 1.29 is 163 Å². The van der Waals surface area contributed by atoms with Gasteiger partial charge in [-0.1, -0.05) is 36.4 Å². The van der Waals surface area contributed by atoms with Crippen LogP contribution in [0.1, 0.15) is 29.0 Å². The summed E-state index contributed by atoms with van der Waals surface area (Å²) in [6, 6.07) is 6.11. The summed E-state index contributed by atoms with van der Waals surface area (Å²) in [5.41, 5.74) is 4.02. The third-order valence-electron chi connectivity index (χ3n) is 19.2. The van der Waals surface area contributed by atoms with E-state index in [0.717, 1.165) is 28.7 Å². The van der Waals surface area contributed by atoms with E-state index in [1.807, 2.05) is 12.1 Å². The Hall–Kier alpha value is -1.92. The molecule has 0 amide bonds. The second-order valence-electron chi connectivity index (χ2n) is 25.2. The highest BCUT2D eigenvalue weighted by Gasteiger charge is 2.60. The molecule has 1 aromatic rings. The van der Waals surface area contributed by atoms with E-state index in [2.05, 4.69) is 24.3 Å². The summed E-state index contributed by atoms with van der Waals surface area (Å²) in [6.07, 6.45) is -59.6. The largest absolute Gasteiger partial charge is 0.394 e. The Bertz CT molecular complexity index is 2680. The predicted molar refractivity (Wildman–Crippen MR) is 306 cm³/mol. The van der Waals surface area contributed by atoms with E-state index in [1.54, 1.807) is 0 Å². The molecule has 35 heterocycles. The lowest BCUT2D eigenvalue weighted by atomic mass is 9.72. The normalized spacial score (nSPS) is 51.6. The summed E-state index contributed by atoms with van der Waals surface area (Å²) in [7, 11) is 0. The van der Waals surface area contributed by atoms with Gasteiger partial charge in [0.05, 0.1) is 45.2 Å². The van der Waals surface area contributed by atoms with E-state index in [4.69, 9.17) is 66.3 Å². The zero-order valence-electron chi connectivity index (χ0n) is 49.6. The molecular weight excluding hydrogens is 1290 g/mol. The molecule has 526 valence electrons. The molecule has 37 atom stereocenters. The topological polar surface area (TPSA) is 514 Å². The molecule has 1 aromatic carbocycles. The van der Waals surface area contributed by atoms with Gasteiger partial charge in [-0.3, -0.25) is 0 Å². The smallest absolute Gasteiger partial charge is 0.187 e. The molecule has 0 aromatic heterocycles. The maximum Gasteiger partial charge on any atom is 0.187 e. The first kappa shape index (κ1) is 70.9. The van der Waals surface area contributed by atoms with Gasteiger partial charge in [0.1, 0.15) is 159 Å². The third-order valence-corrected chi connectivity index (χ3v) is 21.4. The van der Waals surface area contributed by atoms with Gasteiger partial charge in [0, 0.05) is 28.9 Å². The fourth-order valence-electron chi connectivity index (χ4n) is 14.1. The lowest BCUT2D eigenvalue weighted by molar-refractivity contribution is -0.395. The highest BCUT2D eigenvalue weighted by Crippen LogP contribution is 2.44. The molecule has 35 aliphatic heterocycles. The minimum absolute atomic E-state index is 0.00259. The number of rotatable bonds is 5. The van der Waals surface area contributed by atoms with Crippen LogP contribution in [0.5, 0.6) is 0 Å². The van der Waals surface area contributed by atoms with Crippen LogP contribution < -0.4 is 0 Å². The first-order valence-corrected chi connectivity index (χ1v) is 33.4. The van der Waals surface area contributed by atoms with Crippen molar-refractivity contribution in [1.82, 2.24) is 0 Å². The molecule has 93 heavy (non-hydrogen) atoms. The Morgan fingerprint density at radius 1 is 0.355 bits per heavy atom. The molecular formula is C58H84O33S2. The van der Waals surface area contributed by atoms with Crippen molar-refractivity contribution in [1.29, 1.82) is 0 Å². The number of benzene rings is 1. The first-order valence-electron chi connectivity index (χ1n) is 31.0. The van der Waals surface area contributed by atoms with Crippen molar-refractivity contribution >= 4 is 23.5 Å². The van der Waals surface area contributed by atoms with Gasteiger partial charge in [-0.2, -0.15) is 23.5 Å². The molecule has 16 saturated heterocycles. The molecule has 0 spiro atoms. The van der Waals surface area contributed by atoms with Gasteiger partial charge in [0.25, 0.3) is 0 Å². The molecule has 37 aliphatic rings. The van der Waals surface area contributed by atoms with Crippen molar-refractivity contribution in [2.24, 2.45) is 5.92 Å². The van der Waals surface area contributed by atoms with Crippen molar-refractivity contribution in [3.05, 3.63) is 58.7 Å². The van der Waals surface area contributed by atoms with Gasteiger partial charge in [-0.15, -0.1) is 0 Å². The van der Waals surface area contributed by atoms with E-state index in [0.29, 0.717) is 17.9 Å². The number of aliphatic hydroxyl groups is 19. The van der Waals surface area contributed by atoms with Crippen molar-refractivity contribution in [3.8, 4) is 0 Å². The summed E-state index contributed by atoms with van der Waals surface area (Å²) in [5.74, 6) is 0.615. The average molecular weight is 1370 g/mol. The van der Waals surface area contributed by atoms with E-state index in [-0.39, 0.29) is 23.3 Å². The summed E-state index contributed by atoms with van der Waals surface area (Å²) in [5, 5.41) is 218. The number of aliphatic hydroxyl groups excluding tert-OH is 19. The summed E-state index contributed by atoms with van der Waals surface area (Å²) >= 11 is 2.59. The molecule has 16 unspecified atom stereocenters. The van der Waals surface area contributed by atoms with E-state index >= 15 is 0 Å².